The van der Waals surface area contributed by atoms with Gasteiger partial charge in [0.2, 0.25) is 5.78 Å². The Bertz CT molecular complexity index is 1030. The second-order valence-corrected chi connectivity index (χ2v) is 6.51. The minimum absolute atomic E-state index is 0.233. The Morgan fingerprint density at radius 2 is 1.93 bits per heavy atom. The molecular weight excluding hydrogens is 356 g/mol. The average molecular weight is 378 g/mol. The maximum atomic E-state index is 12.6. The van der Waals surface area contributed by atoms with Gasteiger partial charge in [0, 0.05) is 29.1 Å². The summed E-state index contributed by atoms with van der Waals surface area (Å²) in [5, 5.41) is 3.97. The van der Waals surface area contributed by atoms with Crippen LogP contribution in [0.2, 0.25) is 0 Å². The number of allylic oxidation sites excluding steroid dienone is 1. The number of Topliss-reactive ketones (excluding diaryl/α,β-unsaturated/α-hetero) is 1. The van der Waals surface area contributed by atoms with Crippen molar-refractivity contribution >= 4 is 11.8 Å². The third kappa shape index (κ3) is 3.67. The Morgan fingerprint density at radius 3 is 2.61 bits per heavy atom. The van der Waals surface area contributed by atoms with Crippen LogP contribution < -0.4 is 0 Å². The Hall–Kier alpha value is -3.41. The molecule has 0 bridgehead atoms. The van der Waals surface area contributed by atoms with Gasteiger partial charge in [-0.2, -0.15) is 0 Å². The average Bonchev–Trinajstić information content (AvgIpc) is 3.21. The smallest absolute Gasteiger partial charge is 0.344 e. The number of hydrogen-bond donors (Lipinski definition) is 0. The lowest BCUT2D eigenvalue weighted by Gasteiger charge is -2.07. The molecule has 0 saturated carbocycles. The minimum Gasteiger partial charge on any atom is -0.454 e. The largest absolute Gasteiger partial charge is 0.454 e. The molecule has 0 amide bonds. The number of aryl methyl sites for hydroxylation is 2. The highest BCUT2D eigenvalue weighted by atomic mass is 16.5. The molecule has 6 nitrogen and oxygen atoms in total. The van der Waals surface area contributed by atoms with E-state index in [1.807, 2.05) is 48.7 Å². The summed E-state index contributed by atoms with van der Waals surface area (Å²) in [4.78, 5) is 25.2. The first-order valence-corrected chi connectivity index (χ1v) is 8.93. The lowest BCUT2D eigenvalue weighted by atomic mass is 10.1. The molecule has 0 radical (unpaired) electrons. The van der Waals surface area contributed by atoms with E-state index in [0.717, 1.165) is 17.0 Å². The summed E-state index contributed by atoms with van der Waals surface area (Å²) in [5.41, 5.74) is 3.69. The molecule has 2 aromatic heterocycles. The number of hydrogen-bond acceptors (Lipinski definition) is 5. The van der Waals surface area contributed by atoms with Crippen LogP contribution in [0.15, 0.2) is 53.6 Å². The van der Waals surface area contributed by atoms with Crippen molar-refractivity contribution in [2.45, 2.75) is 27.3 Å². The molecule has 1 aromatic carbocycles. The molecule has 28 heavy (non-hydrogen) atoms. The van der Waals surface area contributed by atoms with Crippen molar-refractivity contribution < 1.29 is 18.8 Å². The van der Waals surface area contributed by atoms with E-state index in [9.17, 15) is 9.59 Å². The van der Waals surface area contributed by atoms with Gasteiger partial charge in [0.25, 0.3) is 0 Å². The second kappa shape index (κ2) is 8.08. The van der Waals surface area contributed by atoms with Crippen LogP contribution in [0.1, 0.15) is 37.9 Å². The van der Waals surface area contributed by atoms with Gasteiger partial charge in [0.15, 0.2) is 6.61 Å². The van der Waals surface area contributed by atoms with Crippen molar-refractivity contribution in [1.82, 2.24) is 9.72 Å². The highest BCUT2D eigenvalue weighted by Crippen LogP contribution is 2.26. The van der Waals surface area contributed by atoms with Gasteiger partial charge in [-0.1, -0.05) is 41.6 Å². The summed E-state index contributed by atoms with van der Waals surface area (Å²) in [6, 6.07) is 11.0. The molecule has 0 saturated heterocycles. The predicted molar refractivity (Wildman–Crippen MR) is 105 cm³/mol. The minimum atomic E-state index is -0.633. The zero-order valence-electron chi connectivity index (χ0n) is 16.2. The van der Waals surface area contributed by atoms with E-state index in [1.165, 1.54) is 0 Å². The van der Waals surface area contributed by atoms with Crippen molar-refractivity contribution in [3.63, 3.8) is 0 Å². The summed E-state index contributed by atoms with van der Waals surface area (Å²) in [6.45, 7) is 9.42. The lowest BCUT2D eigenvalue weighted by molar-refractivity contribution is 0.0473. The summed E-state index contributed by atoms with van der Waals surface area (Å²) in [6.07, 6.45) is 1.77. The Labute approximate surface area is 163 Å². The molecule has 144 valence electrons. The standard InChI is InChI=1S/C22H22N2O4/c1-5-11-24-14(2)12-18(15(24)3)19(25)13-27-22(26)20-16(4)28-23-21(20)17-9-7-6-8-10-17/h5-10,12H,1,11,13H2,2-4H3. The van der Waals surface area contributed by atoms with Crippen LogP contribution in [0, 0.1) is 20.8 Å². The summed E-state index contributed by atoms with van der Waals surface area (Å²) in [7, 11) is 0. The van der Waals surface area contributed by atoms with Gasteiger partial charge >= 0.3 is 5.97 Å². The van der Waals surface area contributed by atoms with Crippen molar-refractivity contribution in [2.75, 3.05) is 6.61 Å². The number of aromatic nitrogens is 2. The topological polar surface area (TPSA) is 74.3 Å². The zero-order chi connectivity index (χ0) is 20.3. The van der Waals surface area contributed by atoms with E-state index in [1.54, 1.807) is 19.1 Å². The van der Waals surface area contributed by atoms with Gasteiger partial charge in [0.05, 0.1) is 0 Å². The Balaban J connectivity index is 1.77. The highest BCUT2D eigenvalue weighted by Gasteiger charge is 2.24. The van der Waals surface area contributed by atoms with Crippen molar-refractivity contribution in [2.24, 2.45) is 0 Å². The number of ether oxygens (including phenoxy) is 1. The Morgan fingerprint density at radius 1 is 1.21 bits per heavy atom. The quantitative estimate of drug-likeness (QED) is 0.348. The molecule has 0 unspecified atom stereocenters. The normalized spacial score (nSPS) is 10.7. The lowest BCUT2D eigenvalue weighted by Crippen LogP contribution is -2.16. The van der Waals surface area contributed by atoms with Crippen LogP contribution in [-0.4, -0.2) is 28.1 Å². The van der Waals surface area contributed by atoms with E-state index in [2.05, 4.69) is 11.7 Å². The van der Waals surface area contributed by atoms with E-state index in [-0.39, 0.29) is 18.0 Å². The summed E-state index contributed by atoms with van der Waals surface area (Å²) < 4.78 is 12.5. The first-order valence-electron chi connectivity index (χ1n) is 8.93. The molecule has 6 heteroatoms. The molecule has 0 aliphatic heterocycles. The SMILES string of the molecule is C=CCn1c(C)cc(C(=O)COC(=O)c2c(-c3ccccc3)noc2C)c1C. The number of esters is 1. The Kier molecular flexibility index (Phi) is 5.59. The zero-order valence-corrected chi connectivity index (χ0v) is 16.2. The van der Waals surface area contributed by atoms with E-state index < -0.39 is 5.97 Å². The number of benzene rings is 1. The number of carbonyl (C=O) groups excluding carboxylic acids is 2. The third-order valence-electron chi connectivity index (χ3n) is 4.63. The fourth-order valence-electron chi connectivity index (χ4n) is 3.18. The molecule has 0 aliphatic carbocycles. The monoisotopic (exact) mass is 378 g/mol. The van der Waals surface area contributed by atoms with Gasteiger partial charge in [0.1, 0.15) is 17.0 Å². The molecular formula is C22H22N2O4. The van der Waals surface area contributed by atoms with Crippen LogP contribution >= 0.6 is 0 Å². The van der Waals surface area contributed by atoms with Crippen LogP contribution in [0.5, 0.6) is 0 Å². The maximum Gasteiger partial charge on any atom is 0.344 e. The van der Waals surface area contributed by atoms with Crippen LogP contribution in [0.25, 0.3) is 11.3 Å². The number of carbonyl (C=O) groups is 2. The first kappa shape index (κ1) is 19.4. The van der Waals surface area contributed by atoms with E-state index in [0.29, 0.717) is 23.6 Å². The number of nitrogens with zero attached hydrogens (tertiary/aromatic N) is 2. The van der Waals surface area contributed by atoms with Gasteiger partial charge in [-0.3, -0.25) is 4.79 Å². The fourth-order valence-corrected chi connectivity index (χ4v) is 3.18. The van der Waals surface area contributed by atoms with Crippen LogP contribution in [0.4, 0.5) is 0 Å². The van der Waals surface area contributed by atoms with Gasteiger partial charge < -0.3 is 13.8 Å². The van der Waals surface area contributed by atoms with E-state index in [4.69, 9.17) is 9.26 Å². The number of ketones is 1. The van der Waals surface area contributed by atoms with Gasteiger partial charge in [-0.05, 0) is 26.8 Å². The number of rotatable bonds is 7. The van der Waals surface area contributed by atoms with E-state index >= 15 is 0 Å². The van der Waals surface area contributed by atoms with Crippen molar-refractivity contribution in [3.8, 4) is 11.3 Å². The maximum absolute atomic E-state index is 12.6. The molecule has 0 aliphatic rings. The molecule has 0 spiro atoms. The predicted octanol–water partition coefficient (Wildman–Crippen LogP) is 4.29. The molecule has 0 fully saturated rings. The fraction of sp³-hybridized carbons (Fsp3) is 0.227. The molecule has 0 atom stereocenters. The highest BCUT2D eigenvalue weighted by molar-refractivity contribution is 6.02. The molecule has 3 aromatic rings. The van der Waals surface area contributed by atoms with Crippen LogP contribution in [-0.2, 0) is 11.3 Å². The van der Waals surface area contributed by atoms with Crippen molar-refractivity contribution in [3.05, 3.63) is 77.3 Å². The third-order valence-corrected chi connectivity index (χ3v) is 4.63. The van der Waals surface area contributed by atoms with Gasteiger partial charge in [-0.25, -0.2) is 4.79 Å². The first-order chi connectivity index (χ1) is 13.4. The van der Waals surface area contributed by atoms with Crippen molar-refractivity contribution in [1.29, 1.82) is 0 Å². The summed E-state index contributed by atoms with van der Waals surface area (Å²) >= 11 is 0. The molecule has 0 N–H and O–H groups in total. The second-order valence-electron chi connectivity index (χ2n) is 6.51. The molecule has 3 rings (SSSR count). The summed E-state index contributed by atoms with van der Waals surface area (Å²) in [5.74, 6) is -0.543. The van der Waals surface area contributed by atoms with Crippen LogP contribution in [0.3, 0.4) is 0 Å². The molecule has 2 heterocycles. The van der Waals surface area contributed by atoms with Gasteiger partial charge in [-0.15, -0.1) is 6.58 Å².